The quantitative estimate of drug-likeness (QED) is 0.381. The molecule has 0 bridgehead atoms. The molecule has 2 nitrogen and oxygen atoms in total. The van der Waals surface area contributed by atoms with E-state index in [1.807, 2.05) is 0 Å². The summed E-state index contributed by atoms with van der Waals surface area (Å²) in [6.07, 6.45) is 12.3. The highest BCUT2D eigenvalue weighted by Crippen LogP contribution is 2.03. The van der Waals surface area contributed by atoms with Crippen molar-refractivity contribution in [1.82, 2.24) is 10.4 Å². The lowest BCUT2D eigenvalue weighted by atomic mass is 10.1. The molecule has 0 spiro atoms. The average molecular weight is 242 g/mol. The van der Waals surface area contributed by atoms with Crippen LogP contribution >= 0.6 is 0 Å². The maximum atomic E-state index is 3.55. The van der Waals surface area contributed by atoms with Crippen LogP contribution in [0, 0.1) is 0 Å². The Hall–Kier alpha value is -0.0800. The summed E-state index contributed by atoms with van der Waals surface area (Å²) in [5.41, 5.74) is 3.55. The molecule has 0 saturated carbocycles. The molecule has 0 amide bonds. The van der Waals surface area contributed by atoms with Gasteiger partial charge in [0.2, 0.25) is 0 Å². The van der Waals surface area contributed by atoms with Crippen LogP contribution in [0.25, 0.3) is 0 Å². The maximum Gasteiger partial charge on any atom is 0.0130 e. The van der Waals surface area contributed by atoms with Crippen molar-refractivity contribution in [3.63, 3.8) is 0 Å². The molecule has 0 radical (unpaired) electrons. The predicted molar refractivity (Wildman–Crippen MR) is 78.2 cm³/mol. The van der Waals surface area contributed by atoms with E-state index in [1.165, 1.54) is 64.3 Å². The number of unbranched alkanes of at least 4 members (excludes halogenated alkanes) is 7. The lowest BCUT2D eigenvalue weighted by Crippen LogP contribution is -2.39. The van der Waals surface area contributed by atoms with Crippen LogP contribution in [-0.4, -0.2) is 24.6 Å². The number of nitrogens with zero attached hydrogens (tertiary/aromatic N) is 1. The zero-order valence-electron chi connectivity index (χ0n) is 12.4. The van der Waals surface area contributed by atoms with E-state index in [9.17, 15) is 0 Å². The molecular formula is C15H34N2. The summed E-state index contributed by atoms with van der Waals surface area (Å²) < 4.78 is 0. The number of hydrogen-bond acceptors (Lipinski definition) is 2. The molecule has 2 heteroatoms. The first kappa shape index (κ1) is 16.9. The van der Waals surface area contributed by atoms with Crippen LogP contribution in [-0.2, 0) is 0 Å². The van der Waals surface area contributed by atoms with Gasteiger partial charge in [0.15, 0.2) is 0 Å². The van der Waals surface area contributed by atoms with Crippen molar-refractivity contribution in [2.45, 2.75) is 78.6 Å². The van der Waals surface area contributed by atoms with Gasteiger partial charge < -0.3 is 0 Å². The minimum Gasteiger partial charge on any atom is -0.255 e. The second-order valence-corrected chi connectivity index (χ2v) is 4.96. The van der Waals surface area contributed by atoms with Crippen LogP contribution in [0.2, 0.25) is 0 Å². The number of rotatable bonds is 13. The molecule has 0 atom stereocenters. The molecule has 0 saturated heterocycles. The van der Waals surface area contributed by atoms with Gasteiger partial charge >= 0.3 is 0 Å². The van der Waals surface area contributed by atoms with Gasteiger partial charge in [-0.2, -0.15) is 0 Å². The summed E-state index contributed by atoms with van der Waals surface area (Å²) in [5.74, 6) is 0. The Morgan fingerprint density at radius 3 is 1.88 bits per heavy atom. The molecule has 0 rings (SSSR count). The van der Waals surface area contributed by atoms with Crippen LogP contribution in [0.4, 0.5) is 0 Å². The van der Waals surface area contributed by atoms with E-state index in [1.54, 1.807) is 0 Å². The molecule has 0 aliphatic rings. The number of hydrogen-bond donors (Lipinski definition) is 1. The summed E-state index contributed by atoms with van der Waals surface area (Å²) in [4.78, 5) is 0. The van der Waals surface area contributed by atoms with Crippen LogP contribution < -0.4 is 5.43 Å². The standard InChI is InChI=1S/C15H34N2/c1-4-7-9-11-13-15-17(6-3)16-14-12-10-8-5-2/h16H,4-15H2,1-3H3. The highest BCUT2D eigenvalue weighted by molar-refractivity contribution is 4.52. The fourth-order valence-corrected chi connectivity index (χ4v) is 2.04. The molecule has 0 aromatic heterocycles. The molecule has 1 N–H and O–H groups in total. The SMILES string of the molecule is CCCCCCCN(CC)NCCCCCC. The average Bonchev–Trinajstić information content (AvgIpc) is 2.36. The van der Waals surface area contributed by atoms with Crippen molar-refractivity contribution in [3.8, 4) is 0 Å². The van der Waals surface area contributed by atoms with E-state index in [0.29, 0.717) is 0 Å². The van der Waals surface area contributed by atoms with Gasteiger partial charge in [-0.25, -0.2) is 5.01 Å². The summed E-state index contributed by atoms with van der Waals surface area (Å²) in [6.45, 7) is 10.3. The molecule has 17 heavy (non-hydrogen) atoms. The largest absolute Gasteiger partial charge is 0.255 e. The van der Waals surface area contributed by atoms with E-state index in [4.69, 9.17) is 0 Å². The van der Waals surface area contributed by atoms with E-state index in [0.717, 1.165) is 13.1 Å². The third-order valence-electron chi connectivity index (χ3n) is 3.28. The highest BCUT2D eigenvalue weighted by Gasteiger charge is 2.00. The van der Waals surface area contributed by atoms with Crippen molar-refractivity contribution in [1.29, 1.82) is 0 Å². The number of hydrazine groups is 1. The lowest BCUT2D eigenvalue weighted by Gasteiger charge is -2.21. The first-order chi connectivity index (χ1) is 8.35. The smallest absolute Gasteiger partial charge is 0.0130 e. The Kier molecular flexibility index (Phi) is 13.9. The van der Waals surface area contributed by atoms with Crippen LogP contribution in [0.5, 0.6) is 0 Å². The van der Waals surface area contributed by atoms with Crippen molar-refractivity contribution >= 4 is 0 Å². The van der Waals surface area contributed by atoms with E-state index in [2.05, 4.69) is 31.2 Å². The first-order valence-electron chi connectivity index (χ1n) is 7.83. The molecular weight excluding hydrogens is 208 g/mol. The lowest BCUT2D eigenvalue weighted by molar-refractivity contribution is 0.191. The molecule has 0 aliphatic heterocycles. The summed E-state index contributed by atoms with van der Waals surface area (Å²) in [5, 5.41) is 2.39. The third kappa shape index (κ3) is 12.2. The van der Waals surface area contributed by atoms with Crippen molar-refractivity contribution in [2.75, 3.05) is 19.6 Å². The second kappa shape index (κ2) is 14.0. The molecule has 0 fully saturated rings. The molecule has 0 aromatic rings. The van der Waals surface area contributed by atoms with Gasteiger partial charge in [-0.05, 0) is 12.8 Å². The molecule has 0 aromatic carbocycles. The van der Waals surface area contributed by atoms with Gasteiger partial charge in [0.25, 0.3) is 0 Å². The summed E-state index contributed by atoms with van der Waals surface area (Å²) in [6, 6.07) is 0. The van der Waals surface area contributed by atoms with Gasteiger partial charge in [-0.3, -0.25) is 5.43 Å². The Bertz CT molecular complexity index is 123. The van der Waals surface area contributed by atoms with Crippen molar-refractivity contribution in [3.05, 3.63) is 0 Å². The Morgan fingerprint density at radius 1 is 0.706 bits per heavy atom. The Labute approximate surface area is 109 Å². The Morgan fingerprint density at radius 2 is 1.29 bits per heavy atom. The van der Waals surface area contributed by atoms with E-state index >= 15 is 0 Å². The maximum absolute atomic E-state index is 3.55. The zero-order valence-corrected chi connectivity index (χ0v) is 12.4. The van der Waals surface area contributed by atoms with Crippen LogP contribution in [0.3, 0.4) is 0 Å². The van der Waals surface area contributed by atoms with Gasteiger partial charge in [-0.1, -0.05) is 65.7 Å². The minimum atomic E-state index is 1.13. The molecule has 0 aliphatic carbocycles. The minimum absolute atomic E-state index is 1.13. The molecule has 104 valence electrons. The predicted octanol–water partition coefficient (Wildman–Crippen LogP) is 4.36. The zero-order chi connectivity index (χ0) is 12.8. The summed E-state index contributed by atoms with van der Waals surface area (Å²) >= 11 is 0. The topological polar surface area (TPSA) is 15.3 Å². The number of nitrogens with one attached hydrogen (secondary N) is 1. The first-order valence-corrected chi connectivity index (χ1v) is 7.83. The van der Waals surface area contributed by atoms with Gasteiger partial charge in [-0.15, -0.1) is 0 Å². The van der Waals surface area contributed by atoms with Crippen molar-refractivity contribution in [2.24, 2.45) is 0 Å². The van der Waals surface area contributed by atoms with Crippen molar-refractivity contribution < 1.29 is 0 Å². The Balaban J connectivity index is 3.30. The van der Waals surface area contributed by atoms with Gasteiger partial charge in [0.05, 0.1) is 0 Å². The fourth-order valence-electron chi connectivity index (χ4n) is 2.04. The third-order valence-corrected chi connectivity index (χ3v) is 3.28. The van der Waals surface area contributed by atoms with E-state index < -0.39 is 0 Å². The van der Waals surface area contributed by atoms with Gasteiger partial charge in [0, 0.05) is 19.6 Å². The fraction of sp³-hybridized carbons (Fsp3) is 1.00. The summed E-state index contributed by atoms with van der Waals surface area (Å²) in [7, 11) is 0. The van der Waals surface area contributed by atoms with E-state index in [-0.39, 0.29) is 0 Å². The van der Waals surface area contributed by atoms with Gasteiger partial charge in [0.1, 0.15) is 0 Å². The highest BCUT2D eigenvalue weighted by atomic mass is 15.5. The normalized spacial score (nSPS) is 11.3. The molecule has 0 heterocycles. The van der Waals surface area contributed by atoms with Crippen LogP contribution in [0.15, 0.2) is 0 Å². The monoisotopic (exact) mass is 242 g/mol. The van der Waals surface area contributed by atoms with Crippen LogP contribution in [0.1, 0.15) is 78.6 Å². The molecule has 0 unspecified atom stereocenters. The second-order valence-electron chi connectivity index (χ2n) is 4.96.